The van der Waals surface area contributed by atoms with Crippen LogP contribution in [0.25, 0.3) is 0 Å². The van der Waals surface area contributed by atoms with Crippen molar-refractivity contribution in [2.24, 2.45) is 11.8 Å². The zero-order valence-corrected chi connectivity index (χ0v) is 14.3. The van der Waals surface area contributed by atoms with Crippen molar-refractivity contribution in [2.75, 3.05) is 18.8 Å². The first-order valence-corrected chi connectivity index (χ1v) is 10.4. The zero-order valence-electron chi connectivity index (χ0n) is 13.4. The van der Waals surface area contributed by atoms with E-state index in [0.717, 1.165) is 51.1 Å². The van der Waals surface area contributed by atoms with Gasteiger partial charge in [-0.05, 0) is 69.9 Å². The third-order valence-corrected chi connectivity index (χ3v) is 6.61. The monoisotopic (exact) mass is 316 g/mol. The van der Waals surface area contributed by atoms with Crippen molar-refractivity contribution in [3.05, 3.63) is 0 Å². The van der Waals surface area contributed by atoms with Gasteiger partial charge in [-0.25, -0.2) is 13.1 Å². The lowest BCUT2D eigenvalue weighted by Crippen LogP contribution is -2.39. The first-order valence-electron chi connectivity index (χ1n) is 8.80. The number of piperidine rings is 1. The van der Waals surface area contributed by atoms with Gasteiger partial charge in [-0.2, -0.15) is 0 Å². The molecule has 2 fully saturated rings. The Bertz CT molecular complexity index is 383. The molecule has 1 aliphatic heterocycles. The summed E-state index contributed by atoms with van der Waals surface area (Å²) < 4.78 is 27.4. The van der Waals surface area contributed by atoms with Crippen molar-refractivity contribution < 1.29 is 8.42 Å². The van der Waals surface area contributed by atoms with Gasteiger partial charge in [0.1, 0.15) is 0 Å². The molecule has 0 aromatic rings. The van der Waals surface area contributed by atoms with Crippen LogP contribution in [0.2, 0.25) is 0 Å². The maximum absolute atomic E-state index is 12.2. The molecule has 2 aliphatic rings. The van der Waals surface area contributed by atoms with Crippen LogP contribution in [0.5, 0.6) is 0 Å². The number of rotatable bonds is 7. The second kappa shape index (κ2) is 8.49. The molecular weight excluding hydrogens is 284 g/mol. The average Bonchev–Trinajstić information content (AvgIpc) is 2.48. The number of nitrogens with one attached hydrogen (secondary N) is 2. The first-order chi connectivity index (χ1) is 10.1. The van der Waals surface area contributed by atoms with Crippen LogP contribution >= 0.6 is 0 Å². The molecule has 21 heavy (non-hydrogen) atoms. The Morgan fingerprint density at radius 1 is 0.952 bits per heavy atom. The number of sulfonamides is 1. The van der Waals surface area contributed by atoms with E-state index >= 15 is 0 Å². The molecular formula is C16H32N2O2S. The van der Waals surface area contributed by atoms with E-state index in [-0.39, 0.29) is 6.04 Å². The summed E-state index contributed by atoms with van der Waals surface area (Å²) in [5.41, 5.74) is 0. The van der Waals surface area contributed by atoms with Gasteiger partial charge in [-0.15, -0.1) is 0 Å². The lowest BCUT2D eigenvalue weighted by molar-refractivity contribution is 0.296. The summed E-state index contributed by atoms with van der Waals surface area (Å²) in [5.74, 6) is 1.72. The molecule has 0 atom stereocenters. The van der Waals surface area contributed by atoms with E-state index in [1.807, 2.05) is 0 Å². The maximum atomic E-state index is 12.2. The molecule has 0 aromatic heterocycles. The highest BCUT2D eigenvalue weighted by atomic mass is 32.2. The highest BCUT2D eigenvalue weighted by Crippen LogP contribution is 2.28. The van der Waals surface area contributed by atoms with Crippen LogP contribution in [0.1, 0.15) is 64.7 Å². The predicted molar refractivity (Wildman–Crippen MR) is 87.8 cm³/mol. The van der Waals surface area contributed by atoms with Gasteiger partial charge in [0.05, 0.1) is 5.75 Å². The predicted octanol–water partition coefficient (Wildman–Crippen LogP) is 2.65. The normalized spacial score (nSPS) is 28.6. The molecule has 2 rings (SSSR count). The van der Waals surface area contributed by atoms with Gasteiger partial charge in [0.25, 0.3) is 0 Å². The summed E-state index contributed by atoms with van der Waals surface area (Å²) in [6.07, 6.45) is 10.0. The zero-order chi connectivity index (χ0) is 15.1. The van der Waals surface area contributed by atoms with Crippen molar-refractivity contribution in [1.82, 2.24) is 10.0 Å². The van der Waals surface area contributed by atoms with Gasteiger partial charge >= 0.3 is 0 Å². The molecule has 0 spiro atoms. The Labute approximate surface area is 130 Å². The summed E-state index contributed by atoms with van der Waals surface area (Å²) in [4.78, 5) is 0. The van der Waals surface area contributed by atoms with E-state index in [2.05, 4.69) is 17.0 Å². The molecule has 0 aromatic carbocycles. The van der Waals surface area contributed by atoms with Gasteiger partial charge in [-0.3, -0.25) is 0 Å². The second-order valence-corrected chi connectivity index (χ2v) is 8.80. The summed E-state index contributed by atoms with van der Waals surface area (Å²) in [6.45, 7) is 4.31. The summed E-state index contributed by atoms with van der Waals surface area (Å²) >= 11 is 0. The van der Waals surface area contributed by atoms with Crippen molar-refractivity contribution in [1.29, 1.82) is 0 Å². The minimum atomic E-state index is -3.08. The lowest BCUT2D eigenvalue weighted by Gasteiger charge is -2.29. The summed E-state index contributed by atoms with van der Waals surface area (Å²) in [6, 6.07) is 0.191. The molecule has 1 heterocycles. The molecule has 4 nitrogen and oxygen atoms in total. The first kappa shape index (κ1) is 17.2. The third kappa shape index (κ3) is 6.25. The molecule has 0 radical (unpaired) electrons. The van der Waals surface area contributed by atoms with Crippen LogP contribution in [0, 0.1) is 11.8 Å². The fourth-order valence-electron chi connectivity index (χ4n) is 3.78. The topological polar surface area (TPSA) is 58.2 Å². The van der Waals surface area contributed by atoms with E-state index in [9.17, 15) is 8.42 Å². The van der Waals surface area contributed by atoms with Crippen LogP contribution in [0.4, 0.5) is 0 Å². The van der Waals surface area contributed by atoms with Crippen LogP contribution in [-0.2, 0) is 10.0 Å². The molecule has 124 valence electrons. The van der Waals surface area contributed by atoms with Gasteiger partial charge < -0.3 is 5.32 Å². The van der Waals surface area contributed by atoms with Crippen LogP contribution in [0.15, 0.2) is 0 Å². The van der Waals surface area contributed by atoms with Crippen LogP contribution < -0.4 is 10.0 Å². The van der Waals surface area contributed by atoms with E-state index < -0.39 is 10.0 Å². The Balaban J connectivity index is 1.68. The maximum Gasteiger partial charge on any atom is 0.211 e. The largest absolute Gasteiger partial charge is 0.317 e. The average molecular weight is 317 g/mol. The highest BCUT2D eigenvalue weighted by molar-refractivity contribution is 7.89. The molecule has 1 saturated carbocycles. The standard InChI is InChI=1S/C16H32N2O2S/c1-2-3-14-4-6-16(7-5-14)18-21(19,20)13-10-15-8-11-17-12-9-15/h14-18H,2-13H2,1H3. The van der Waals surface area contributed by atoms with Crippen molar-refractivity contribution in [3.8, 4) is 0 Å². The fraction of sp³-hybridized carbons (Fsp3) is 1.00. The molecule has 2 N–H and O–H groups in total. The molecule has 5 heteroatoms. The minimum absolute atomic E-state index is 0.191. The highest BCUT2D eigenvalue weighted by Gasteiger charge is 2.25. The second-order valence-electron chi connectivity index (χ2n) is 6.93. The van der Waals surface area contributed by atoms with Gasteiger partial charge in [-0.1, -0.05) is 19.8 Å². The Morgan fingerprint density at radius 3 is 2.19 bits per heavy atom. The lowest BCUT2D eigenvalue weighted by atomic mass is 9.84. The molecule has 0 bridgehead atoms. The molecule has 0 amide bonds. The molecule has 1 aliphatic carbocycles. The van der Waals surface area contributed by atoms with Crippen LogP contribution in [-0.4, -0.2) is 33.3 Å². The van der Waals surface area contributed by atoms with E-state index in [0.29, 0.717) is 11.7 Å². The van der Waals surface area contributed by atoms with Gasteiger partial charge in [0, 0.05) is 6.04 Å². The number of hydrogen-bond acceptors (Lipinski definition) is 3. The Morgan fingerprint density at radius 2 is 1.57 bits per heavy atom. The van der Waals surface area contributed by atoms with Gasteiger partial charge in [0.15, 0.2) is 0 Å². The SMILES string of the molecule is CCCC1CCC(NS(=O)(=O)CCC2CCNCC2)CC1. The van der Waals surface area contributed by atoms with E-state index in [1.54, 1.807) is 0 Å². The van der Waals surface area contributed by atoms with E-state index in [1.165, 1.54) is 25.7 Å². The Kier molecular flexibility index (Phi) is 6.96. The fourth-order valence-corrected chi connectivity index (χ4v) is 5.29. The van der Waals surface area contributed by atoms with Crippen molar-refractivity contribution in [3.63, 3.8) is 0 Å². The van der Waals surface area contributed by atoms with Crippen molar-refractivity contribution >= 4 is 10.0 Å². The molecule has 0 unspecified atom stereocenters. The third-order valence-electron chi connectivity index (χ3n) is 5.14. The quantitative estimate of drug-likeness (QED) is 0.759. The summed E-state index contributed by atoms with van der Waals surface area (Å²) in [5, 5.41) is 3.33. The molecule has 1 saturated heterocycles. The van der Waals surface area contributed by atoms with E-state index in [4.69, 9.17) is 0 Å². The van der Waals surface area contributed by atoms with Gasteiger partial charge in [0.2, 0.25) is 10.0 Å². The smallest absolute Gasteiger partial charge is 0.211 e. The Hall–Kier alpha value is -0.130. The van der Waals surface area contributed by atoms with Crippen LogP contribution in [0.3, 0.4) is 0 Å². The summed E-state index contributed by atoms with van der Waals surface area (Å²) in [7, 11) is -3.08. The van der Waals surface area contributed by atoms with Crippen molar-refractivity contribution in [2.45, 2.75) is 70.8 Å². The number of hydrogen-bond donors (Lipinski definition) is 2. The minimum Gasteiger partial charge on any atom is -0.317 e.